The van der Waals surface area contributed by atoms with Gasteiger partial charge >= 0.3 is 0 Å². The number of nitro groups is 1. The van der Waals surface area contributed by atoms with E-state index in [1.165, 1.54) is 6.08 Å². The molecule has 1 aliphatic rings. The normalized spacial score (nSPS) is 18.5. The number of hydrogen-bond donors (Lipinski definition) is 1. The van der Waals surface area contributed by atoms with Crippen LogP contribution in [0.5, 0.6) is 0 Å². The van der Waals surface area contributed by atoms with E-state index in [1.807, 2.05) is 33.8 Å². The Morgan fingerprint density at radius 2 is 1.86 bits per heavy atom. The predicted octanol–water partition coefficient (Wildman–Crippen LogP) is 5.41. The summed E-state index contributed by atoms with van der Waals surface area (Å²) >= 11 is 0. The highest BCUT2D eigenvalue weighted by Gasteiger charge is 2.35. The number of allylic oxidation sites excluding steroid dienone is 4. The zero-order chi connectivity index (χ0) is 17.3. The molecule has 22 heavy (non-hydrogen) atoms. The minimum Gasteiger partial charge on any atom is -0.508 e. The number of rotatable bonds is 4. The second-order valence-electron chi connectivity index (χ2n) is 7.83. The average Bonchev–Trinajstić information content (AvgIpc) is 2.56. The molecule has 0 saturated carbocycles. The topological polar surface area (TPSA) is 63.4 Å². The molecule has 0 aromatic carbocycles. The first-order valence-electron chi connectivity index (χ1n) is 7.91. The molecule has 1 atom stereocenters. The Morgan fingerprint density at radius 1 is 1.32 bits per heavy atom. The molecule has 0 aromatic rings. The third-order valence-electron chi connectivity index (χ3n) is 5.06. The van der Waals surface area contributed by atoms with Crippen molar-refractivity contribution in [3.63, 3.8) is 0 Å². The molecular weight excluding hydrogens is 278 g/mol. The van der Waals surface area contributed by atoms with Gasteiger partial charge in [0.2, 0.25) is 0 Å². The summed E-state index contributed by atoms with van der Waals surface area (Å²) in [6.07, 6.45) is 4.74. The fourth-order valence-corrected chi connectivity index (χ4v) is 2.70. The third kappa shape index (κ3) is 3.79. The number of nitrogens with zero attached hydrogens (tertiary/aromatic N) is 1. The molecule has 0 fully saturated rings. The van der Waals surface area contributed by atoms with Gasteiger partial charge in [-0.3, -0.25) is 10.1 Å². The Balaban J connectivity index is 3.41. The quantitative estimate of drug-likeness (QED) is 0.558. The van der Waals surface area contributed by atoms with E-state index in [-0.39, 0.29) is 33.1 Å². The molecule has 0 aliphatic heterocycles. The van der Waals surface area contributed by atoms with E-state index < -0.39 is 0 Å². The minimum absolute atomic E-state index is 0.0192. The van der Waals surface area contributed by atoms with Crippen LogP contribution in [-0.2, 0) is 0 Å². The highest BCUT2D eigenvalue weighted by atomic mass is 16.6. The van der Waals surface area contributed by atoms with Crippen molar-refractivity contribution in [1.82, 2.24) is 0 Å². The van der Waals surface area contributed by atoms with Crippen LogP contribution in [-0.4, -0.2) is 10.0 Å². The molecule has 0 heterocycles. The van der Waals surface area contributed by atoms with Crippen molar-refractivity contribution in [1.29, 1.82) is 0 Å². The molecule has 0 amide bonds. The van der Waals surface area contributed by atoms with Crippen LogP contribution in [0.2, 0.25) is 0 Å². The molecule has 4 nitrogen and oxygen atoms in total. The molecule has 0 spiro atoms. The van der Waals surface area contributed by atoms with Crippen molar-refractivity contribution >= 4 is 0 Å². The molecule has 0 radical (unpaired) electrons. The van der Waals surface area contributed by atoms with Crippen LogP contribution in [0.25, 0.3) is 0 Å². The summed E-state index contributed by atoms with van der Waals surface area (Å²) in [5, 5.41) is 21.8. The molecule has 4 heteroatoms. The molecule has 1 aliphatic carbocycles. The number of hydrogen-bond acceptors (Lipinski definition) is 3. The molecule has 0 bridgehead atoms. The highest BCUT2D eigenvalue weighted by Crippen LogP contribution is 2.41. The van der Waals surface area contributed by atoms with E-state index in [1.54, 1.807) is 0 Å². The second-order valence-corrected chi connectivity index (χ2v) is 7.83. The maximum Gasteiger partial charge on any atom is 0.276 e. The largest absolute Gasteiger partial charge is 0.508 e. The standard InChI is InChI=1S/C18H29NO3/c1-8-18(6,7)12(2)13-9-10-14(17(3,4)5)16(20)11-15(13)19(21)22/h9,11-12,20H,8,10H2,1-7H3. The molecule has 1 unspecified atom stereocenters. The van der Waals surface area contributed by atoms with E-state index >= 15 is 0 Å². The summed E-state index contributed by atoms with van der Waals surface area (Å²) in [6, 6.07) is 0. The third-order valence-corrected chi connectivity index (χ3v) is 5.06. The van der Waals surface area contributed by atoms with Gasteiger partial charge in [-0.05, 0) is 28.7 Å². The van der Waals surface area contributed by atoms with Crippen molar-refractivity contribution in [3.8, 4) is 0 Å². The summed E-state index contributed by atoms with van der Waals surface area (Å²) in [5.41, 5.74) is 1.32. The smallest absolute Gasteiger partial charge is 0.276 e. The second kappa shape index (κ2) is 6.27. The zero-order valence-corrected chi connectivity index (χ0v) is 14.9. The molecule has 0 aromatic heterocycles. The highest BCUT2D eigenvalue weighted by molar-refractivity contribution is 5.40. The maximum atomic E-state index is 11.5. The van der Waals surface area contributed by atoms with Crippen molar-refractivity contribution < 1.29 is 10.0 Å². The minimum atomic E-state index is -0.379. The molecule has 124 valence electrons. The van der Waals surface area contributed by atoms with Crippen molar-refractivity contribution in [2.45, 2.75) is 61.3 Å². The predicted molar refractivity (Wildman–Crippen MR) is 90.1 cm³/mol. The van der Waals surface area contributed by atoms with Crippen LogP contribution < -0.4 is 0 Å². The summed E-state index contributed by atoms with van der Waals surface area (Å²) in [7, 11) is 0. The van der Waals surface area contributed by atoms with Gasteiger partial charge in [-0.25, -0.2) is 0 Å². The first kappa shape index (κ1) is 18.5. The number of aliphatic hydroxyl groups is 1. The zero-order valence-electron chi connectivity index (χ0n) is 14.9. The van der Waals surface area contributed by atoms with Crippen LogP contribution in [0.15, 0.2) is 34.8 Å². The summed E-state index contributed by atoms with van der Waals surface area (Å²) < 4.78 is 0. The Labute approximate surface area is 133 Å². The molecule has 0 saturated heterocycles. The van der Waals surface area contributed by atoms with Gasteiger partial charge in [0.05, 0.1) is 11.0 Å². The van der Waals surface area contributed by atoms with E-state index in [9.17, 15) is 15.2 Å². The Kier molecular flexibility index (Phi) is 5.26. The van der Waals surface area contributed by atoms with Crippen molar-refractivity contribution in [2.75, 3.05) is 0 Å². The molecular formula is C18H29NO3. The summed E-state index contributed by atoms with van der Waals surface area (Å²) in [4.78, 5) is 11.1. The van der Waals surface area contributed by atoms with E-state index in [4.69, 9.17) is 0 Å². The van der Waals surface area contributed by atoms with E-state index in [0.29, 0.717) is 6.42 Å². The van der Waals surface area contributed by atoms with Crippen LogP contribution in [0.1, 0.15) is 61.3 Å². The Morgan fingerprint density at radius 3 is 2.27 bits per heavy atom. The average molecular weight is 307 g/mol. The lowest BCUT2D eigenvalue weighted by Crippen LogP contribution is -2.24. The fraction of sp³-hybridized carbons (Fsp3) is 0.667. The number of aliphatic hydroxyl groups excluding tert-OH is 1. The van der Waals surface area contributed by atoms with Gasteiger partial charge < -0.3 is 5.11 Å². The maximum absolute atomic E-state index is 11.5. The Hall–Kier alpha value is -1.58. The lowest BCUT2D eigenvalue weighted by Gasteiger charge is -2.31. The first-order valence-corrected chi connectivity index (χ1v) is 7.91. The van der Waals surface area contributed by atoms with Gasteiger partial charge in [-0.1, -0.05) is 61.0 Å². The fourth-order valence-electron chi connectivity index (χ4n) is 2.70. The van der Waals surface area contributed by atoms with Gasteiger partial charge in [0, 0.05) is 5.57 Å². The lowest BCUT2D eigenvalue weighted by atomic mass is 9.73. The lowest BCUT2D eigenvalue weighted by molar-refractivity contribution is -0.421. The van der Waals surface area contributed by atoms with Gasteiger partial charge in [-0.15, -0.1) is 0 Å². The van der Waals surface area contributed by atoms with Gasteiger partial charge in [0.15, 0.2) is 0 Å². The van der Waals surface area contributed by atoms with E-state index in [0.717, 1.165) is 17.6 Å². The van der Waals surface area contributed by atoms with Crippen LogP contribution in [0, 0.1) is 26.9 Å². The monoisotopic (exact) mass is 307 g/mol. The SMILES string of the molecule is CCC(C)(C)C(C)C1=CCC(C(C)(C)C)=C(O)C=C1[N+](=O)[O-]. The van der Waals surface area contributed by atoms with Crippen LogP contribution >= 0.6 is 0 Å². The van der Waals surface area contributed by atoms with Crippen molar-refractivity contribution in [3.05, 3.63) is 44.9 Å². The van der Waals surface area contributed by atoms with Crippen LogP contribution in [0.4, 0.5) is 0 Å². The van der Waals surface area contributed by atoms with Crippen LogP contribution in [0.3, 0.4) is 0 Å². The Bertz CT molecular complexity index is 545. The molecule has 1 N–H and O–H groups in total. The first-order chi connectivity index (χ1) is 9.91. The van der Waals surface area contributed by atoms with Gasteiger partial charge in [-0.2, -0.15) is 0 Å². The molecule has 1 rings (SSSR count). The summed E-state index contributed by atoms with van der Waals surface area (Å²) in [5.74, 6) is 0.0771. The van der Waals surface area contributed by atoms with Crippen molar-refractivity contribution in [2.24, 2.45) is 16.7 Å². The van der Waals surface area contributed by atoms with Gasteiger partial charge in [0.1, 0.15) is 5.76 Å². The summed E-state index contributed by atoms with van der Waals surface area (Å²) in [6.45, 7) is 14.4. The van der Waals surface area contributed by atoms with E-state index in [2.05, 4.69) is 20.8 Å². The van der Waals surface area contributed by atoms with Gasteiger partial charge in [0.25, 0.3) is 5.70 Å².